The first-order valence-corrected chi connectivity index (χ1v) is 11.5. The third kappa shape index (κ3) is 2.95. The molecular formula is C21H15Cl2NO5S. The second kappa shape index (κ2) is 6.83. The van der Waals surface area contributed by atoms with E-state index >= 15 is 0 Å². The first kappa shape index (κ1) is 19.6. The van der Waals surface area contributed by atoms with Crippen LogP contribution in [0.3, 0.4) is 0 Å². The summed E-state index contributed by atoms with van der Waals surface area (Å²) in [6, 6.07) is 9.83. The number of halogens is 2. The first-order chi connectivity index (χ1) is 14.3. The SMILES string of the molecule is O=C1[C@@H]2[C@H](C(=O)N1c1ccc(OS(=O)(=O)c3cc(Cl)ccc3Cl)cc1)[C@@H]1C=C[C@H]2C1. The van der Waals surface area contributed by atoms with E-state index in [-0.39, 0.29) is 56.2 Å². The van der Waals surface area contributed by atoms with Gasteiger partial charge in [-0.2, -0.15) is 8.42 Å². The summed E-state index contributed by atoms with van der Waals surface area (Å²) in [5.74, 6) is -0.727. The molecule has 154 valence electrons. The molecule has 6 nitrogen and oxygen atoms in total. The van der Waals surface area contributed by atoms with Crippen LogP contribution in [0.1, 0.15) is 6.42 Å². The Morgan fingerprint density at radius 1 is 0.900 bits per heavy atom. The molecule has 5 rings (SSSR count). The Morgan fingerprint density at radius 2 is 1.50 bits per heavy atom. The minimum absolute atomic E-state index is 0.0148. The van der Waals surface area contributed by atoms with Crippen LogP contribution in [0, 0.1) is 23.7 Å². The zero-order chi connectivity index (χ0) is 21.2. The van der Waals surface area contributed by atoms with Gasteiger partial charge in [0.1, 0.15) is 10.6 Å². The highest BCUT2D eigenvalue weighted by Gasteiger charge is 2.59. The second-order valence-electron chi connectivity index (χ2n) is 7.62. The Balaban J connectivity index is 1.38. The molecule has 1 saturated carbocycles. The molecule has 2 aromatic carbocycles. The van der Waals surface area contributed by atoms with Crippen molar-refractivity contribution in [1.82, 2.24) is 0 Å². The van der Waals surface area contributed by atoms with E-state index < -0.39 is 10.1 Å². The van der Waals surface area contributed by atoms with Crippen molar-refractivity contribution in [1.29, 1.82) is 0 Å². The van der Waals surface area contributed by atoms with Gasteiger partial charge in [0.05, 0.1) is 22.5 Å². The van der Waals surface area contributed by atoms with E-state index in [0.29, 0.717) is 5.69 Å². The summed E-state index contributed by atoms with van der Waals surface area (Å²) in [5.41, 5.74) is 0.393. The molecule has 1 aliphatic heterocycles. The van der Waals surface area contributed by atoms with Crippen LogP contribution in [0.2, 0.25) is 10.0 Å². The number of carbonyl (C=O) groups excluding carboxylic acids is 2. The number of rotatable bonds is 4. The highest BCUT2D eigenvalue weighted by Crippen LogP contribution is 2.53. The number of amides is 2. The van der Waals surface area contributed by atoms with Gasteiger partial charge in [0, 0.05) is 5.02 Å². The zero-order valence-electron chi connectivity index (χ0n) is 15.4. The minimum atomic E-state index is -4.21. The fourth-order valence-electron chi connectivity index (χ4n) is 4.65. The zero-order valence-corrected chi connectivity index (χ0v) is 17.7. The fraction of sp³-hybridized carbons (Fsp3) is 0.238. The van der Waals surface area contributed by atoms with Gasteiger partial charge in [-0.1, -0.05) is 35.4 Å². The number of imide groups is 1. The van der Waals surface area contributed by atoms with E-state index in [2.05, 4.69) is 0 Å². The molecule has 0 spiro atoms. The summed E-state index contributed by atoms with van der Waals surface area (Å²) in [4.78, 5) is 26.7. The van der Waals surface area contributed by atoms with Crippen molar-refractivity contribution < 1.29 is 22.2 Å². The third-order valence-corrected chi connectivity index (χ3v) is 7.90. The number of nitrogens with zero attached hydrogens (tertiary/aromatic N) is 1. The molecule has 2 bridgehead atoms. The van der Waals surface area contributed by atoms with Crippen LogP contribution in [0.4, 0.5) is 5.69 Å². The summed E-state index contributed by atoms with van der Waals surface area (Å²) in [6.45, 7) is 0. The van der Waals surface area contributed by atoms with Crippen LogP contribution in [0.25, 0.3) is 0 Å². The van der Waals surface area contributed by atoms with Crippen LogP contribution in [0.5, 0.6) is 5.75 Å². The van der Waals surface area contributed by atoms with Gasteiger partial charge >= 0.3 is 10.1 Å². The lowest BCUT2D eigenvalue weighted by atomic mass is 9.85. The standard InChI is InChI=1S/C21H15Cl2NO5S/c22-13-3-8-16(23)17(10-13)30(27,28)29-15-6-4-14(5-7-15)24-20(25)18-11-1-2-12(9-11)19(18)21(24)26/h1-8,10-12,18-19H,9H2/t11-,12+,18-,19+. The van der Waals surface area contributed by atoms with Crippen molar-refractivity contribution >= 4 is 50.8 Å². The number of allylic oxidation sites excluding steroid dienone is 2. The predicted octanol–water partition coefficient (Wildman–Crippen LogP) is 4.07. The predicted molar refractivity (Wildman–Crippen MR) is 111 cm³/mol. The van der Waals surface area contributed by atoms with E-state index in [4.69, 9.17) is 27.4 Å². The topological polar surface area (TPSA) is 80.8 Å². The van der Waals surface area contributed by atoms with Gasteiger partial charge in [0.2, 0.25) is 11.8 Å². The fourth-order valence-corrected chi connectivity index (χ4v) is 6.32. The Labute approximate surface area is 183 Å². The molecule has 2 amide bonds. The quantitative estimate of drug-likeness (QED) is 0.387. The van der Waals surface area contributed by atoms with Crippen molar-refractivity contribution in [3.05, 3.63) is 64.7 Å². The highest BCUT2D eigenvalue weighted by molar-refractivity contribution is 7.87. The largest absolute Gasteiger partial charge is 0.379 e. The van der Waals surface area contributed by atoms with Gasteiger partial charge in [0.25, 0.3) is 0 Å². The number of benzene rings is 2. The molecule has 1 heterocycles. The molecule has 2 aliphatic carbocycles. The summed E-state index contributed by atoms with van der Waals surface area (Å²) >= 11 is 11.8. The normalized spacial score (nSPS) is 27.1. The van der Waals surface area contributed by atoms with E-state index in [1.807, 2.05) is 12.2 Å². The van der Waals surface area contributed by atoms with E-state index in [1.54, 1.807) is 0 Å². The summed E-state index contributed by atoms with van der Waals surface area (Å²) < 4.78 is 30.2. The molecular weight excluding hydrogens is 449 g/mol. The molecule has 0 N–H and O–H groups in total. The third-order valence-electron chi connectivity index (χ3n) is 5.93. The molecule has 9 heteroatoms. The van der Waals surface area contributed by atoms with Gasteiger partial charge < -0.3 is 4.18 Å². The Kier molecular flexibility index (Phi) is 4.47. The van der Waals surface area contributed by atoms with Crippen molar-refractivity contribution in [3.8, 4) is 5.75 Å². The maximum atomic E-state index is 12.9. The average Bonchev–Trinajstić information content (AvgIpc) is 3.38. The van der Waals surface area contributed by atoms with E-state index in [0.717, 1.165) is 6.42 Å². The Hall–Kier alpha value is -2.35. The number of fused-ring (bicyclic) bond motifs is 5. The van der Waals surface area contributed by atoms with Crippen molar-refractivity contribution in [3.63, 3.8) is 0 Å². The molecule has 0 unspecified atom stereocenters. The molecule has 2 fully saturated rings. The second-order valence-corrected chi connectivity index (χ2v) is 9.98. The summed E-state index contributed by atoms with van der Waals surface area (Å²) in [6.07, 6.45) is 4.92. The van der Waals surface area contributed by atoms with Gasteiger partial charge in [-0.05, 0) is 60.7 Å². The molecule has 30 heavy (non-hydrogen) atoms. The van der Waals surface area contributed by atoms with Gasteiger partial charge in [0.15, 0.2) is 0 Å². The van der Waals surface area contributed by atoms with Gasteiger partial charge in [-0.15, -0.1) is 0 Å². The lowest BCUT2D eigenvalue weighted by Crippen LogP contribution is -2.32. The number of anilines is 1. The summed E-state index contributed by atoms with van der Waals surface area (Å²) in [7, 11) is -4.21. The number of hydrogen-bond acceptors (Lipinski definition) is 5. The Morgan fingerprint density at radius 3 is 2.10 bits per heavy atom. The van der Waals surface area contributed by atoms with Crippen LogP contribution in [-0.4, -0.2) is 20.2 Å². The highest BCUT2D eigenvalue weighted by atomic mass is 35.5. The molecule has 0 radical (unpaired) electrons. The molecule has 3 aliphatic rings. The van der Waals surface area contributed by atoms with Crippen molar-refractivity contribution in [2.75, 3.05) is 4.90 Å². The smallest absolute Gasteiger partial charge is 0.340 e. The number of carbonyl (C=O) groups is 2. The van der Waals surface area contributed by atoms with Crippen LogP contribution in [0.15, 0.2) is 59.5 Å². The van der Waals surface area contributed by atoms with Crippen molar-refractivity contribution in [2.45, 2.75) is 11.3 Å². The van der Waals surface area contributed by atoms with E-state index in [1.165, 1.54) is 47.4 Å². The molecule has 2 aromatic rings. The van der Waals surface area contributed by atoms with Crippen LogP contribution < -0.4 is 9.08 Å². The average molecular weight is 464 g/mol. The number of hydrogen-bond donors (Lipinski definition) is 0. The van der Waals surface area contributed by atoms with Crippen molar-refractivity contribution in [2.24, 2.45) is 23.7 Å². The minimum Gasteiger partial charge on any atom is -0.379 e. The molecule has 4 atom stereocenters. The summed E-state index contributed by atoms with van der Waals surface area (Å²) in [5, 5.41) is 0.191. The maximum absolute atomic E-state index is 12.9. The van der Waals surface area contributed by atoms with Gasteiger partial charge in [-0.25, -0.2) is 0 Å². The maximum Gasteiger partial charge on any atom is 0.340 e. The first-order valence-electron chi connectivity index (χ1n) is 9.32. The lowest BCUT2D eigenvalue weighted by molar-refractivity contribution is -0.123. The van der Waals surface area contributed by atoms with Gasteiger partial charge in [-0.3, -0.25) is 14.5 Å². The Bertz CT molecular complexity index is 1180. The lowest BCUT2D eigenvalue weighted by Gasteiger charge is -2.17. The molecule has 0 aromatic heterocycles. The molecule has 1 saturated heterocycles. The monoisotopic (exact) mass is 463 g/mol. The van der Waals surface area contributed by atoms with E-state index in [9.17, 15) is 18.0 Å². The van der Waals surface area contributed by atoms with Crippen LogP contribution >= 0.6 is 23.2 Å². The van der Waals surface area contributed by atoms with Crippen LogP contribution in [-0.2, 0) is 19.7 Å².